The number of benzene rings is 2. The summed E-state index contributed by atoms with van der Waals surface area (Å²) in [7, 11) is 0. The Balaban J connectivity index is 1.50. The van der Waals surface area contributed by atoms with E-state index in [1.807, 2.05) is 53.4 Å². The molecular weight excluding hydrogens is 412 g/mol. The maximum Gasteiger partial charge on any atom is 0.319 e. The maximum atomic E-state index is 13.6. The van der Waals surface area contributed by atoms with Crippen LogP contribution in [0.2, 0.25) is 0 Å². The van der Waals surface area contributed by atoms with E-state index in [4.69, 9.17) is 0 Å². The first-order chi connectivity index (χ1) is 16.0. The van der Waals surface area contributed by atoms with E-state index in [0.29, 0.717) is 23.7 Å². The highest BCUT2D eigenvalue weighted by Gasteiger charge is 2.27. The summed E-state index contributed by atoms with van der Waals surface area (Å²) in [6.45, 7) is 8.51. The SMILES string of the molecule is CC1CCN(C(=O)c2cc(NC(=O)NCc3ccccc3)ccc2N2CCC(C)CC2)CC1. The quantitative estimate of drug-likeness (QED) is 0.668. The first kappa shape index (κ1) is 23.1. The van der Waals surface area contributed by atoms with Crippen LogP contribution in [0, 0.1) is 11.8 Å². The van der Waals surface area contributed by atoms with Crippen LogP contribution < -0.4 is 15.5 Å². The van der Waals surface area contributed by atoms with Crippen molar-refractivity contribution in [2.45, 2.75) is 46.1 Å². The van der Waals surface area contributed by atoms with Crippen LogP contribution in [0.25, 0.3) is 0 Å². The second-order valence-electron chi connectivity index (χ2n) is 9.67. The number of piperidine rings is 2. The number of likely N-dealkylation sites (tertiary alicyclic amines) is 1. The highest BCUT2D eigenvalue weighted by atomic mass is 16.2. The van der Waals surface area contributed by atoms with Gasteiger partial charge in [0.05, 0.1) is 5.56 Å². The lowest BCUT2D eigenvalue weighted by Crippen LogP contribution is -2.40. The summed E-state index contributed by atoms with van der Waals surface area (Å²) < 4.78 is 0. The van der Waals surface area contributed by atoms with Gasteiger partial charge in [-0.2, -0.15) is 0 Å². The molecule has 6 nitrogen and oxygen atoms in total. The lowest BCUT2D eigenvalue weighted by atomic mass is 9.96. The smallest absolute Gasteiger partial charge is 0.319 e. The van der Waals surface area contributed by atoms with Gasteiger partial charge in [0.25, 0.3) is 5.91 Å². The molecule has 0 spiro atoms. The van der Waals surface area contributed by atoms with E-state index in [1.54, 1.807) is 0 Å². The van der Waals surface area contributed by atoms with E-state index >= 15 is 0 Å². The van der Waals surface area contributed by atoms with Crippen LogP contribution in [0.5, 0.6) is 0 Å². The van der Waals surface area contributed by atoms with E-state index in [0.717, 1.165) is 69.0 Å². The molecule has 2 aromatic rings. The van der Waals surface area contributed by atoms with E-state index in [9.17, 15) is 9.59 Å². The number of anilines is 2. The minimum atomic E-state index is -0.274. The highest BCUT2D eigenvalue weighted by Crippen LogP contribution is 2.30. The number of hydrogen-bond donors (Lipinski definition) is 2. The summed E-state index contributed by atoms with van der Waals surface area (Å²) in [6, 6.07) is 15.3. The van der Waals surface area contributed by atoms with Crippen molar-refractivity contribution >= 4 is 23.3 Å². The van der Waals surface area contributed by atoms with Crippen LogP contribution in [-0.2, 0) is 6.54 Å². The molecule has 33 heavy (non-hydrogen) atoms. The van der Waals surface area contributed by atoms with Crippen LogP contribution >= 0.6 is 0 Å². The Labute approximate surface area is 197 Å². The molecule has 3 amide bonds. The summed E-state index contributed by atoms with van der Waals surface area (Å²) in [5.41, 5.74) is 3.36. The number of hydrogen-bond acceptors (Lipinski definition) is 3. The normalized spacial score (nSPS) is 17.6. The van der Waals surface area contributed by atoms with Crippen LogP contribution in [-0.4, -0.2) is 43.0 Å². The van der Waals surface area contributed by atoms with Gasteiger partial charge < -0.3 is 20.4 Å². The van der Waals surface area contributed by atoms with Crippen molar-refractivity contribution in [2.75, 3.05) is 36.4 Å². The van der Waals surface area contributed by atoms with Gasteiger partial charge in [-0.3, -0.25) is 4.79 Å². The van der Waals surface area contributed by atoms with Gasteiger partial charge in [-0.1, -0.05) is 44.2 Å². The molecule has 2 fully saturated rings. The molecule has 2 aliphatic rings. The van der Waals surface area contributed by atoms with Crippen molar-refractivity contribution in [3.63, 3.8) is 0 Å². The molecule has 2 aliphatic heterocycles. The van der Waals surface area contributed by atoms with Gasteiger partial charge in [0.1, 0.15) is 0 Å². The number of rotatable bonds is 5. The number of nitrogens with one attached hydrogen (secondary N) is 2. The van der Waals surface area contributed by atoms with Gasteiger partial charge in [-0.05, 0) is 61.3 Å². The molecule has 176 valence electrons. The predicted octanol–water partition coefficient (Wildman–Crippen LogP) is 5.12. The third-order valence-electron chi connectivity index (χ3n) is 6.98. The summed E-state index contributed by atoms with van der Waals surface area (Å²) >= 11 is 0. The average Bonchev–Trinajstić information content (AvgIpc) is 2.84. The third-order valence-corrected chi connectivity index (χ3v) is 6.98. The topological polar surface area (TPSA) is 64.7 Å². The van der Waals surface area contributed by atoms with Crippen molar-refractivity contribution in [2.24, 2.45) is 11.8 Å². The van der Waals surface area contributed by atoms with Crippen LogP contribution in [0.4, 0.5) is 16.2 Å². The molecule has 0 saturated carbocycles. The predicted molar refractivity (Wildman–Crippen MR) is 134 cm³/mol. The zero-order valence-corrected chi connectivity index (χ0v) is 19.8. The van der Waals surface area contributed by atoms with Crippen molar-refractivity contribution < 1.29 is 9.59 Å². The third kappa shape index (κ3) is 6.06. The number of urea groups is 1. The van der Waals surface area contributed by atoms with E-state index < -0.39 is 0 Å². The largest absolute Gasteiger partial charge is 0.371 e. The Hall–Kier alpha value is -3.02. The zero-order valence-electron chi connectivity index (χ0n) is 19.8. The van der Waals surface area contributed by atoms with Gasteiger partial charge in [0, 0.05) is 44.1 Å². The Kier molecular flexibility index (Phi) is 7.53. The Morgan fingerprint density at radius 2 is 1.52 bits per heavy atom. The molecule has 2 aromatic carbocycles. The number of carbonyl (C=O) groups is 2. The summed E-state index contributed by atoms with van der Waals surface area (Å²) in [4.78, 5) is 30.4. The Morgan fingerprint density at radius 1 is 0.879 bits per heavy atom. The van der Waals surface area contributed by atoms with Crippen LogP contribution in [0.1, 0.15) is 55.5 Å². The van der Waals surface area contributed by atoms with Gasteiger partial charge in [0.2, 0.25) is 0 Å². The van der Waals surface area contributed by atoms with E-state index in [2.05, 4.69) is 29.4 Å². The molecule has 0 bridgehead atoms. The highest BCUT2D eigenvalue weighted by molar-refractivity contribution is 6.02. The van der Waals surface area contributed by atoms with Crippen molar-refractivity contribution in [1.82, 2.24) is 10.2 Å². The van der Waals surface area contributed by atoms with Crippen LogP contribution in [0.15, 0.2) is 48.5 Å². The molecule has 6 heteroatoms. The van der Waals surface area contributed by atoms with Gasteiger partial charge in [-0.25, -0.2) is 4.79 Å². The number of nitrogens with zero attached hydrogens (tertiary/aromatic N) is 2. The molecule has 0 atom stereocenters. The van der Waals surface area contributed by atoms with Gasteiger partial charge in [-0.15, -0.1) is 0 Å². The fourth-order valence-corrected chi connectivity index (χ4v) is 4.65. The molecule has 0 radical (unpaired) electrons. The van der Waals surface area contributed by atoms with Crippen molar-refractivity contribution in [3.8, 4) is 0 Å². The first-order valence-corrected chi connectivity index (χ1v) is 12.3. The van der Waals surface area contributed by atoms with Crippen molar-refractivity contribution in [1.29, 1.82) is 0 Å². The lowest BCUT2D eigenvalue weighted by molar-refractivity contribution is 0.0697. The minimum absolute atomic E-state index is 0.0730. The molecule has 2 saturated heterocycles. The molecule has 4 rings (SSSR count). The standard InChI is InChI=1S/C27H36N4O2/c1-20-10-14-30(15-11-20)25-9-8-23(29-27(33)28-19-22-6-4-3-5-7-22)18-24(25)26(32)31-16-12-21(2)13-17-31/h3-9,18,20-21H,10-17,19H2,1-2H3,(H2,28,29,33). The molecule has 0 unspecified atom stereocenters. The molecular formula is C27H36N4O2. The summed E-state index contributed by atoms with van der Waals surface area (Å²) in [6.07, 6.45) is 4.36. The first-order valence-electron chi connectivity index (χ1n) is 12.3. The summed E-state index contributed by atoms with van der Waals surface area (Å²) in [5.74, 6) is 1.46. The summed E-state index contributed by atoms with van der Waals surface area (Å²) in [5, 5.41) is 5.81. The molecule has 2 heterocycles. The molecule has 0 aliphatic carbocycles. The minimum Gasteiger partial charge on any atom is -0.371 e. The van der Waals surface area contributed by atoms with Gasteiger partial charge >= 0.3 is 6.03 Å². The fraction of sp³-hybridized carbons (Fsp3) is 0.481. The van der Waals surface area contributed by atoms with Crippen molar-refractivity contribution in [3.05, 3.63) is 59.7 Å². The molecule has 0 aromatic heterocycles. The number of amides is 3. The average molecular weight is 449 g/mol. The Bertz CT molecular complexity index is 946. The van der Waals surface area contributed by atoms with E-state index in [-0.39, 0.29) is 11.9 Å². The zero-order chi connectivity index (χ0) is 23.2. The Morgan fingerprint density at radius 3 is 2.18 bits per heavy atom. The van der Waals surface area contributed by atoms with Gasteiger partial charge in [0.15, 0.2) is 0 Å². The van der Waals surface area contributed by atoms with Crippen LogP contribution in [0.3, 0.4) is 0 Å². The second kappa shape index (κ2) is 10.7. The lowest BCUT2D eigenvalue weighted by Gasteiger charge is -2.35. The van der Waals surface area contributed by atoms with E-state index in [1.165, 1.54) is 0 Å². The fourth-order valence-electron chi connectivity index (χ4n) is 4.65. The number of carbonyl (C=O) groups excluding carboxylic acids is 2. The second-order valence-corrected chi connectivity index (χ2v) is 9.67. The monoisotopic (exact) mass is 448 g/mol. The maximum absolute atomic E-state index is 13.6. The molecule has 2 N–H and O–H groups in total.